The molecular formula is C20H12B3N5O. The highest BCUT2D eigenvalue weighted by atomic mass is 16.2. The van der Waals surface area contributed by atoms with Crippen molar-refractivity contribution < 1.29 is 4.79 Å². The Morgan fingerprint density at radius 2 is 1.76 bits per heavy atom. The molecule has 6 nitrogen and oxygen atoms in total. The van der Waals surface area contributed by atoms with Crippen LogP contribution < -0.4 is 5.72 Å². The highest BCUT2D eigenvalue weighted by molar-refractivity contribution is 6.42. The van der Waals surface area contributed by atoms with Crippen LogP contribution in [0.15, 0.2) is 60.8 Å². The Labute approximate surface area is 171 Å². The summed E-state index contributed by atoms with van der Waals surface area (Å²) in [6, 6.07) is 16.8. The zero-order valence-electron chi connectivity index (χ0n) is 15.4. The summed E-state index contributed by atoms with van der Waals surface area (Å²) in [4.78, 5) is 18.4. The maximum Gasteiger partial charge on any atom is 0.255 e. The lowest BCUT2D eigenvalue weighted by atomic mass is 9.59. The maximum absolute atomic E-state index is 12.8. The Morgan fingerprint density at radius 1 is 0.966 bits per heavy atom. The van der Waals surface area contributed by atoms with Crippen LogP contribution in [0.25, 0.3) is 16.9 Å². The Bertz CT molecular complexity index is 1250. The number of benzene rings is 1. The second-order valence-electron chi connectivity index (χ2n) is 6.98. The molecule has 1 aromatic carbocycles. The van der Waals surface area contributed by atoms with Gasteiger partial charge in [0.1, 0.15) is 0 Å². The Hall–Kier alpha value is -3.35. The highest BCUT2D eigenvalue weighted by Crippen LogP contribution is 2.34. The van der Waals surface area contributed by atoms with E-state index >= 15 is 0 Å². The first-order valence-corrected chi connectivity index (χ1v) is 9.01. The van der Waals surface area contributed by atoms with E-state index in [2.05, 4.69) is 15.2 Å². The van der Waals surface area contributed by atoms with E-state index in [1.54, 1.807) is 22.7 Å². The van der Waals surface area contributed by atoms with Crippen molar-refractivity contribution in [3.63, 3.8) is 0 Å². The normalized spacial score (nSPS) is 15.0. The molecule has 29 heavy (non-hydrogen) atoms. The van der Waals surface area contributed by atoms with E-state index < -0.39 is 5.34 Å². The molecule has 0 unspecified atom stereocenters. The van der Waals surface area contributed by atoms with Crippen molar-refractivity contribution >= 4 is 40.8 Å². The Morgan fingerprint density at radius 3 is 2.52 bits per heavy atom. The number of carbonyl (C=O) groups excluding carboxylic acids is 1. The van der Waals surface area contributed by atoms with Gasteiger partial charge in [-0.15, -0.1) is 10.2 Å². The molecule has 1 aliphatic rings. The van der Waals surface area contributed by atoms with Gasteiger partial charge in [0.2, 0.25) is 0 Å². The summed E-state index contributed by atoms with van der Waals surface area (Å²) in [5, 5.41) is 6.52. The van der Waals surface area contributed by atoms with Crippen LogP contribution in [0.1, 0.15) is 21.6 Å². The van der Waals surface area contributed by atoms with Crippen LogP contribution in [0.2, 0.25) is 0 Å². The molecule has 0 fully saturated rings. The predicted octanol–water partition coefficient (Wildman–Crippen LogP) is 0.688. The monoisotopic (exact) mass is 371 g/mol. The van der Waals surface area contributed by atoms with Crippen molar-refractivity contribution in [3.8, 4) is 11.3 Å². The van der Waals surface area contributed by atoms with Crippen molar-refractivity contribution in [1.82, 2.24) is 24.5 Å². The molecule has 0 saturated heterocycles. The maximum atomic E-state index is 12.8. The second-order valence-corrected chi connectivity index (χ2v) is 6.98. The molecule has 0 saturated carbocycles. The fourth-order valence-electron chi connectivity index (χ4n) is 3.69. The van der Waals surface area contributed by atoms with Crippen molar-refractivity contribution in [2.24, 2.45) is 0 Å². The molecule has 132 valence electrons. The molecule has 6 radical (unpaired) electrons. The molecule has 5 rings (SSSR count). The fourth-order valence-corrected chi connectivity index (χ4v) is 3.69. The van der Waals surface area contributed by atoms with Crippen molar-refractivity contribution in [1.29, 1.82) is 0 Å². The van der Waals surface area contributed by atoms with E-state index in [-0.39, 0.29) is 12.5 Å². The SMILES string of the molecule is [B]c1nnc2cccc(-c3ccc(CN4C(=O)c5cccnc5C4([B])[B])cc3)n12. The molecule has 0 bridgehead atoms. The first-order valence-electron chi connectivity index (χ1n) is 9.01. The van der Waals surface area contributed by atoms with Crippen LogP contribution in [0.5, 0.6) is 0 Å². The average molecular weight is 371 g/mol. The zero-order valence-corrected chi connectivity index (χ0v) is 15.4. The summed E-state index contributed by atoms with van der Waals surface area (Å²) in [7, 11) is 18.4. The van der Waals surface area contributed by atoms with Crippen molar-refractivity contribution in [2.45, 2.75) is 11.9 Å². The molecule has 0 atom stereocenters. The number of hydrogen-bond acceptors (Lipinski definition) is 4. The van der Waals surface area contributed by atoms with Crippen LogP contribution in [-0.4, -0.2) is 53.9 Å². The Kier molecular flexibility index (Phi) is 3.88. The number of aromatic nitrogens is 4. The van der Waals surface area contributed by atoms with Crippen LogP contribution in [0.3, 0.4) is 0 Å². The Balaban J connectivity index is 1.46. The third-order valence-electron chi connectivity index (χ3n) is 5.15. The molecule has 0 spiro atoms. The van der Waals surface area contributed by atoms with Gasteiger partial charge in [0, 0.05) is 18.1 Å². The molecule has 3 aromatic heterocycles. The van der Waals surface area contributed by atoms with Gasteiger partial charge >= 0.3 is 0 Å². The first kappa shape index (κ1) is 17.7. The first-order chi connectivity index (χ1) is 14.0. The molecule has 4 aromatic rings. The van der Waals surface area contributed by atoms with Crippen molar-refractivity contribution in [2.75, 3.05) is 0 Å². The number of rotatable bonds is 3. The quantitative estimate of drug-likeness (QED) is 0.498. The van der Waals surface area contributed by atoms with Crippen LogP contribution in [0, 0.1) is 0 Å². The summed E-state index contributed by atoms with van der Waals surface area (Å²) in [6.45, 7) is 0.265. The molecule has 4 heterocycles. The number of fused-ring (bicyclic) bond motifs is 2. The minimum absolute atomic E-state index is 0.232. The highest BCUT2D eigenvalue weighted by Gasteiger charge is 2.42. The van der Waals surface area contributed by atoms with Gasteiger partial charge in [-0.3, -0.25) is 14.2 Å². The fraction of sp³-hybridized carbons (Fsp3) is 0.100. The van der Waals surface area contributed by atoms with Crippen LogP contribution >= 0.6 is 0 Å². The number of hydrogen-bond donors (Lipinski definition) is 0. The minimum Gasteiger partial charge on any atom is -0.340 e. The molecule has 1 aliphatic heterocycles. The van der Waals surface area contributed by atoms with Gasteiger partial charge in [0.25, 0.3) is 5.91 Å². The van der Waals surface area contributed by atoms with E-state index in [0.717, 1.165) is 16.8 Å². The molecule has 0 aliphatic carbocycles. The number of carbonyl (C=O) groups is 1. The molecule has 1 amide bonds. The summed E-state index contributed by atoms with van der Waals surface area (Å²) in [5.41, 5.74) is 4.52. The van der Waals surface area contributed by atoms with E-state index in [9.17, 15) is 4.79 Å². The standard InChI is InChI=1S/C20H12B3N5O/c21-19-26-25-16-5-1-4-15(28(16)19)13-8-6-12(7-9-13)11-27-18(29)14-3-2-10-24-17(14)20(27,22)23/h1-10H,11H2. The van der Waals surface area contributed by atoms with Gasteiger partial charge in [-0.1, -0.05) is 30.3 Å². The smallest absolute Gasteiger partial charge is 0.255 e. The van der Waals surface area contributed by atoms with Gasteiger partial charge in [-0.2, -0.15) is 0 Å². The van der Waals surface area contributed by atoms with Gasteiger partial charge < -0.3 is 4.90 Å². The third-order valence-corrected chi connectivity index (χ3v) is 5.15. The molecule has 9 heteroatoms. The topological polar surface area (TPSA) is 63.4 Å². The largest absolute Gasteiger partial charge is 0.340 e. The van der Waals surface area contributed by atoms with Crippen LogP contribution in [0.4, 0.5) is 0 Å². The summed E-state index contributed by atoms with van der Waals surface area (Å²) in [5.74, 6) is -0.232. The lowest BCUT2D eigenvalue weighted by Crippen LogP contribution is -2.44. The van der Waals surface area contributed by atoms with Gasteiger partial charge in [-0.05, 0) is 35.4 Å². The van der Waals surface area contributed by atoms with E-state index in [1.165, 1.54) is 4.90 Å². The summed E-state index contributed by atoms with van der Waals surface area (Å²) >= 11 is 0. The summed E-state index contributed by atoms with van der Waals surface area (Å²) in [6.07, 6.45) is 1.58. The van der Waals surface area contributed by atoms with E-state index in [4.69, 9.17) is 23.5 Å². The lowest BCUT2D eigenvalue weighted by Gasteiger charge is -2.33. The number of nitrogens with zero attached hydrogens (tertiary/aromatic N) is 5. The van der Waals surface area contributed by atoms with Gasteiger partial charge in [0.15, 0.2) is 13.5 Å². The molecule has 0 N–H and O–H groups in total. The minimum atomic E-state index is -1.45. The molecular weight excluding hydrogens is 359 g/mol. The van der Waals surface area contributed by atoms with Crippen LogP contribution in [-0.2, 0) is 11.9 Å². The van der Waals surface area contributed by atoms with E-state index in [0.29, 0.717) is 22.6 Å². The lowest BCUT2D eigenvalue weighted by molar-refractivity contribution is 0.0731. The van der Waals surface area contributed by atoms with E-state index in [1.807, 2.05) is 42.5 Å². The zero-order chi connectivity index (χ0) is 20.2. The van der Waals surface area contributed by atoms with Crippen molar-refractivity contribution in [3.05, 3.63) is 77.6 Å². The number of pyridine rings is 2. The second kappa shape index (κ2) is 6.34. The third kappa shape index (κ3) is 2.68. The number of amides is 1. The average Bonchev–Trinajstić information content (AvgIpc) is 3.20. The van der Waals surface area contributed by atoms with Gasteiger partial charge in [-0.25, -0.2) is 0 Å². The van der Waals surface area contributed by atoms with Gasteiger partial charge in [0.05, 0.1) is 38.4 Å². The summed E-state index contributed by atoms with van der Waals surface area (Å²) < 4.78 is 1.78. The predicted molar refractivity (Wildman–Crippen MR) is 111 cm³/mol.